The van der Waals surface area contributed by atoms with E-state index in [-0.39, 0.29) is 18.2 Å². The number of thioether (sulfide) groups is 1. The van der Waals surface area contributed by atoms with Gasteiger partial charge in [-0.3, -0.25) is 14.5 Å². The van der Waals surface area contributed by atoms with Crippen molar-refractivity contribution in [3.63, 3.8) is 0 Å². The Morgan fingerprint density at radius 1 is 1.17 bits per heavy atom. The minimum Gasteiger partial charge on any atom is -0.494 e. The van der Waals surface area contributed by atoms with Crippen molar-refractivity contribution >= 4 is 40.1 Å². The highest BCUT2D eigenvalue weighted by Gasteiger charge is 2.35. The largest absolute Gasteiger partial charge is 0.494 e. The molecule has 0 aliphatic carbocycles. The molecule has 0 bridgehead atoms. The maximum atomic E-state index is 12.8. The zero-order valence-corrected chi connectivity index (χ0v) is 17.4. The zero-order chi connectivity index (χ0) is 20.6. The van der Waals surface area contributed by atoms with Gasteiger partial charge in [-0.1, -0.05) is 36.9 Å². The number of hydrogen-bond donors (Lipinski definition) is 1. The van der Waals surface area contributed by atoms with Crippen molar-refractivity contribution < 1.29 is 14.3 Å². The van der Waals surface area contributed by atoms with Gasteiger partial charge in [0.15, 0.2) is 5.17 Å². The van der Waals surface area contributed by atoms with Crippen molar-refractivity contribution in [2.45, 2.75) is 31.9 Å². The number of rotatable bonds is 7. The van der Waals surface area contributed by atoms with Crippen molar-refractivity contribution in [2.24, 2.45) is 4.99 Å². The van der Waals surface area contributed by atoms with Crippen LogP contribution in [0.15, 0.2) is 59.6 Å². The van der Waals surface area contributed by atoms with Gasteiger partial charge >= 0.3 is 0 Å². The molecule has 152 valence electrons. The van der Waals surface area contributed by atoms with Crippen LogP contribution in [-0.2, 0) is 9.59 Å². The number of aliphatic imine (C=N–C) groups is 1. The van der Waals surface area contributed by atoms with Gasteiger partial charge in [-0.15, -0.1) is 0 Å². The number of carbonyl (C=O) groups excluding carboxylic acids is 2. The predicted molar refractivity (Wildman–Crippen MR) is 118 cm³/mol. The van der Waals surface area contributed by atoms with Gasteiger partial charge < -0.3 is 10.1 Å². The minimum absolute atomic E-state index is 0.0932. The molecule has 1 aliphatic heterocycles. The highest BCUT2D eigenvalue weighted by molar-refractivity contribution is 8.15. The summed E-state index contributed by atoms with van der Waals surface area (Å²) in [5, 5.41) is 2.92. The second kappa shape index (κ2) is 10.1. The molecule has 2 aromatic rings. The third kappa shape index (κ3) is 5.60. The molecule has 1 heterocycles. The fraction of sp³-hybridized carbons (Fsp3) is 0.318. The summed E-state index contributed by atoms with van der Waals surface area (Å²) in [4.78, 5) is 31.6. The van der Waals surface area contributed by atoms with Gasteiger partial charge in [0.2, 0.25) is 11.8 Å². The van der Waals surface area contributed by atoms with Gasteiger partial charge in [-0.05, 0) is 49.7 Å². The fourth-order valence-corrected chi connectivity index (χ4v) is 4.01. The van der Waals surface area contributed by atoms with E-state index in [1.807, 2.05) is 56.3 Å². The van der Waals surface area contributed by atoms with Crippen LogP contribution in [-0.4, -0.2) is 40.3 Å². The van der Waals surface area contributed by atoms with Gasteiger partial charge in [0, 0.05) is 18.7 Å². The molecular weight excluding hydrogens is 386 g/mol. The molecule has 1 unspecified atom stereocenters. The Kier molecular flexibility index (Phi) is 7.30. The molecule has 0 radical (unpaired) electrons. The van der Waals surface area contributed by atoms with E-state index in [1.165, 1.54) is 11.8 Å². The molecule has 0 spiro atoms. The molecule has 1 atom stereocenters. The number of para-hydroxylation sites is 1. The first-order chi connectivity index (χ1) is 14.1. The first-order valence-corrected chi connectivity index (χ1v) is 10.6. The summed E-state index contributed by atoms with van der Waals surface area (Å²) in [6.07, 6.45) is 1.09. The fourth-order valence-electron chi connectivity index (χ4n) is 2.84. The predicted octanol–water partition coefficient (Wildman–Crippen LogP) is 4.46. The van der Waals surface area contributed by atoms with Crippen LogP contribution < -0.4 is 10.1 Å². The average molecular weight is 412 g/mol. The first-order valence-electron chi connectivity index (χ1n) is 9.75. The smallest absolute Gasteiger partial charge is 0.238 e. The summed E-state index contributed by atoms with van der Waals surface area (Å²) in [6.45, 7) is 5.13. The van der Waals surface area contributed by atoms with Crippen LogP contribution in [0.1, 0.15) is 26.7 Å². The molecule has 1 fully saturated rings. The minimum atomic E-state index is -0.524. The number of ether oxygens (including phenoxy) is 1. The molecule has 1 N–H and O–H groups in total. The van der Waals surface area contributed by atoms with Gasteiger partial charge in [0.25, 0.3) is 0 Å². The topological polar surface area (TPSA) is 71.0 Å². The number of carbonyl (C=O) groups is 2. The quantitative estimate of drug-likeness (QED) is 0.730. The van der Waals surface area contributed by atoms with Crippen molar-refractivity contribution in [3.8, 4) is 5.75 Å². The van der Waals surface area contributed by atoms with E-state index in [0.717, 1.165) is 17.9 Å². The number of amides is 2. The van der Waals surface area contributed by atoms with Crippen molar-refractivity contribution in [3.05, 3.63) is 54.6 Å². The zero-order valence-electron chi connectivity index (χ0n) is 16.6. The van der Waals surface area contributed by atoms with E-state index < -0.39 is 5.25 Å². The molecular formula is C22H25N3O3S. The highest BCUT2D eigenvalue weighted by Crippen LogP contribution is 2.29. The van der Waals surface area contributed by atoms with Crippen molar-refractivity contribution in [1.82, 2.24) is 4.90 Å². The van der Waals surface area contributed by atoms with Gasteiger partial charge in [0.05, 0.1) is 12.3 Å². The summed E-state index contributed by atoms with van der Waals surface area (Å²) in [5.74, 6) is 0.467. The van der Waals surface area contributed by atoms with Crippen LogP contribution in [0.25, 0.3) is 0 Å². The first kappa shape index (κ1) is 20.9. The maximum Gasteiger partial charge on any atom is 0.238 e. The maximum absolute atomic E-state index is 12.8. The number of anilines is 1. The van der Waals surface area contributed by atoms with Crippen LogP contribution >= 0.6 is 11.8 Å². The lowest BCUT2D eigenvalue weighted by Crippen LogP contribution is -2.45. The van der Waals surface area contributed by atoms with Gasteiger partial charge in [0.1, 0.15) is 11.0 Å². The van der Waals surface area contributed by atoms with E-state index in [4.69, 9.17) is 4.74 Å². The van der Waals surface area contributed by atoms with Gasteiger partial charge in [-0.2, -0.15) is 0 Å². The Labute approximate surface area is 175 Å². The van der Waals surface area contributed by atoms with Crippen molar-refractivity contribution in [1.29, 1.82) is 0 Å². The SMILES string of the molecule is CCCOc1ccc(NC(=O)C2CC(=O)N(CC)C(=Nc3ccccc3)S2)cc1. The second-order valence-corrected chi connectivity index (χ2v) is 7.71. The van der Waals surface area contributed by atoms with E-state index in [1.54, 1.807) is 17.0 Å². The molecule has 3 rings (SSSR count). The molecule has 1 aliphatic rings. The summed E-state index contributed by atoms with van der Waals surface area (Å²) in [7, 11) is 0. The Morgan fingerprint density at radius 3 is 2.55 bits per heavy atom. The molecule has 29 heavy (non-hydrogen) atoms. The molecule has 1 saturated heterocycles. The number of nitrogens with one attached hydrogen (secondary N) is 1. The molecule has 7 heteroatoms. The van der Waals surface area contributed by atoms with Crippen LogP contribution in [0.4, 0.5) is 11.4 Å². The Bertz CT molecular complexity index is 869. The molecule has 6 nitrogen and oxygen atoms in total. The summed E-state index contributed by atoms with van der Waals surface area (Å²) in [5.41, 5.74) is 1.43. The van der Waals surface area contributed by atoms with Crippen LogP contribution in [0.5, 0.6) is 5.75 Å². The van der Waals surface area contributed by atoms with E-state index in [9.17, 15) is 9.59 Å². The summed E-state index contributed by atoms with van der Waals surface area (Å²) in [6, 6.07) is 16.7. The number of hydrogen-bond acceptors (Lipinski definition) is 5. The molecule has 2 amide bonds. The van der Waals surface area contributed by atoms with Gasteiger partial charge in [-0.25, -0.2) is 4.99 Å². The highest BCUT2D eigenvalue weighted by atomic mass is 32.2. The van der Waals surface area contributed by atoms with Crippen LogP contribution in [0.3, 0.4) is 0 Å². The third-order valence-electron chi connectivity index (χ3n) is 4.32. The van der Waals surface area contributed by atoms with E-state index >= 15 is 0 Å². The Hall–Kier alpha value is -2.80. The lowest BCUT2D eigenvalue weighted by molar-refractivity contribution is -0.129. The number of benzene rings is 2. The standard InChI is InChI=1S/C22H25N3O3S/c1-3-14-28-18-12-10-17(11-13-18)23-21(27)19-15-20(26)25(4-2)22(29-19)24-16-8-6-5-7-9-16/h5-13,19H,3-4,14-15H2,1-2H3,(H,23,27). The summed E-state index contributed by atoms with van der Waals surface area (Å²) < 4.78 is 5.56. The lowest BCUT2D eigenvalue weighted by Gasteiger charge is -2.30. The van der Waals surface area contributed by atoms with Crippen molar-refractivity contribution in [2.75, 3.05) is 18.5 Å². The summed E-state index contributed by atoms with van der Waals surface area (Å²) >= 11 is 1.32. The van der Waals surface area contributed by atoms with Crippen LogP contribution in [0, 0.1) is 0 Å². The van der Waals surface area contributed by atoms with Crippen LogP contribution in [0.2, 0.25) is 0 Å². The monoisotopic (exact) mass is 411 g/mol. The average Bonchev–Trinajstić information content (AvgIpc) is 2.74. The van der Waals surface area contributed by atoms with E-state index in [0.29, 0.717) is 24.0 Å². The molecule has 0 aromatic heterocycles. The third-order valence-corrected chi connectivity index (χ3v) is 5.51. The number of nitrogens with zero attached hydrogens (tertiary/aromatic N) is 2. The lowest BCUT2D eigenvalue weighted by atomic mass is 10.2. The Balaban J connectivity index is 1.70. The number of amidine groups is 1. The van der Waals surface area contributed by atoms with E-state index in [2.05, 4.69) is 10.3 Å². The molecule has 2 aromatic carbocycles. The second-order valence-electron chi connectivity index (χ2n) is 6.54. The molecule has 0 saturated carbocycles. The Morgan fingerprint density at radius 2 is 1.90 bits per heavy atom. The normalized spacial score (nSPS) is 18.0.